The Hall–Kier alpha value is -1.94. The monoisotopic (exact) mass is 329 g/mol. The van der Waals surface area contributed by atoms with Crippen molar-refractivity contribution in [2.24, 2.45) is 0 Å². The Morgan fingerprint density at radius 3 is 2.42 bits per heavy atom. The van der Waals surface area contributed by atoms with Crippen LogP contribution in [-0.2, 0) is 6.42 Å². The molecule has 0 saturated carbocycles. The van der Waals surface area contributed by atoms with Gasteiger partial charge >= 0.3 is 0 Å². The van der Waals surface area contributed by atoms with Crippen molar-refractivity contribution in [1.82, 2.24) is 15.2 Å². The van der Waals surface area contributed by atoms with Crippen molar-refractivity contribution >= 4 is 16.8 Å². The van der Waals surface area contributed by atoms with E-state index in [4.69, 9.17) is 0 Å². The first kappa shape index (κ1) is 20.1. The molecular weight excluding hydrogens is 298 g/mol. The summed E-state index contributed by atoms with van der Waals surface area (Å²) >= 11 is 0. The number of amides is 1. The third-order valence-corrected chi connectivity index (χ3v) is 4.00. The van der Waals surface area contributed by atoms with Gasteiger partial charge in [0.1, 0.15) is 5.69 Å². The van der Waals surface area contributed by atoms with Crippen LogP contribution in [0.3, 0.4) is 0 Å². The standard InChI is InChI=1S/C18H25N3O.C2H6/c1-4-14-7-9-16-15(13-14)8-10-17(20-16)18(22)19-11-12-21(5-2)6-3;1-2/h7-10,13H,4-6,11-12H2,1-3H3,(H,19,22);1-2H3. The molecule has 0 radical (unpaired) electrons. The molecule has 2 rings (SSSR count). The van der Waals surface area contributed by atoms with Crippen molar-refractivity contribution in [3.8, 4) is 0 Å². The lowest BCUT2D eigenvalue weighted by Crippen LogP contribution is -2.35. The molecule has 0 aliphatic carbocycles. The Morgan fingerprint density at radius 1 is 1.08 bits per heavy atom. The van der Waals surface area contributed by atoms with Crippen molar-refractivity contribution in [2.45, 2.75) is 41.0 Å². The first-order valence-electron chi connectivity index (χ1n) is 9.08. The highest BCUT2D eigenvalue weighted by atomic mass is 16.1. The molecule has 4 heteroatoms. The van der Waals surface area contributed by atoms with Crippen LogP contribution in [0.4, 0.5) is 0 Å². The van der Waals surface area contributed by atoms with Crippen molar-refractivity contribution in [3.63, 3.8) is 0 Å². The first-order valence-corrected chi connectivity index (χ1v) is 9.08. The number of nitrogens with one attached hydrogen (secondary N) is 1. The molecule has 1 amide bonds. The summed E-state index contributed by atoms with van der Waals surface area (Å²) in [5.74, 6) is -0.103. The molecule has 0 atom stereocenters. The Morgan fingerprint density at radius 2 is 1.79 bits per heavy atom. The molecule has 24 heavy (non-hydrogen) atoms. The Kier molecular flexibility index (Phi) is 9.02. The lowest BCUT2D eigenvalue weighted by molar-refractivity contribution is 0.0944. The van der Waals surface area contributed by atoms with Crippen molar-refractivity contribution in [1.29, 1.82) is 0 Å². The van der Waals surface area contributed by atoms with Gasteiger partial charge < -0.3 is 10.2 Å². The van der Waals surface area contributed by atoms with E-state index in [0.717, 1.165) is 37.0 Å². The van der Waals surface area contributed by atoms with E-state index < -0.39 is 0 Å². The third kappa shape index (κ3) is 5.60. The van der Waals surface area contributed by atoms with E-state index in [-0.39, 0.29) is 5.91 Å². The molecule has 132 valence electrons. The van der Waals surface area contributed by atoms with Crippen LogP contribution in [0.15, 0.2) is 30.3 Å². The number of pyridine rings is 1. The molecule has 4 nitrogen and oxygen atoms in total. The van der Waals surface area contributed by atoms with E-state index in [2.05, 4.69) is 48.1 Å². The largest absolute Gasteiger partial charge is 0.349 e. The maximum Gasteiger partial charge on any atom is 0.269 e. The van der Waals surface area contributed by atoms with Gasteiger partial charge in [-0.1, -0.05) is 46.8 Å². The van der Waals surface area contributed by atoms with E-state index in [1.807, 2.05) is 26.0 Å². The van der Waals surface area contributed by atoms with Gasteiger partial charge in [0.2, 0.25) is 0 Å². The Balaban J connectivity index is 0.00000139. The molecule has 0 aliphatic rings. The van der Waals surface area contributed by atoms with Gasteiger partial charge in [0.15, 0.2) is 0 Å². The van der Waals surface area contributed by atoms with E-state index >= 15 is 0 Å². The molecule has 0 aliphatic heterocycles. The summed E-state index contributed by atoms with van der Waals surface area (Å²) in [5.41, 5.74) is 2.63. The predicted molar refractivity (Wildman–Crippen MR) is 103 cm³/mol. The molecule has 1 N–H and O–H groups in total. The summed E-state index contributed by atoms with van der Waals surface area (Å²) in [5, 5.41) is 4.02. The van der Waals surface area contributed by atoms with Crippen LogP contribution in [-0.4, -0.2) is 42.0 Å². The van der Waals surface area contributed by atoms with Crippen LogP contribution in [0.2, 0.25) is 0 Å². The summed E-state index contributed by atoms with van der Waals surface area (Å²) in [4.78, 5) is 18.9. The van der Waals surface area contributed by atoms with Gasteiger partial charge in [0.25, 0.3) is 5.91 Å². The van der Waals surface area contributed by atoms with E-state index in [1.54, 1.807) is 6.07 Å². The van der Waals surface area contributed by atoms with Crippen LogP contribution >= 0.6 is 0 Å². The van der Waals surface area contributed by atoms with Crippen LogP contribution in [0.25, 0.3) is 10.9 Å². The van der Waals surface area contributed by atoms with Gasteiger partial charge in [0.05, 0.1) is 5.52 Å². The van der Waals surface area contributed by atoms with Gasteiger partial charge in [-0.05, 0) is 43.3 Å². The zero-order valence-corrected chi connectivity index (χ0v) is 15.7. The molecule has 0 bridgehead atoms. The van der Waals surface area contributed by atoms with Gasteiger partial charge in [0, 0.05) is 18.5 Å². The highest BCUT2D eigenvalue weighted by molar-refractivity contribution is 5.94. The summed E-state index contributed by atoms with van der Waals surface area (Å²) in [7, 11) is 0. The van der Waals surface area contributed by atoms with Crippen molar-refractivity contribution in [2.75, 3.05) is 26.2 Å². The second kappa shape index (κ2) is 10.8. The molecule has 1 heterocycles. The molecular formula is C20H31N3O. The zero-order chi connectivity index (χ0) is 17.9. The summed E-state index contributed by atoms with van der Waals surface area (Å²) in [6.45, 7) is 13.9. The number of carbonyl (C=O) groups is 1. The number of benzene rings is 1. The number of hydrogen-bond donors (Lipinski definition) is 1. The van der Waals surface area contributed by atoms with Crippen molar-refractivity contribution < 1.29 is 4.79 Å². The SMILES string of the molecule is CC.CCc1ccc2nc(C(=O)NCCN(CC)CC)ccc2c1. The van der Waals surface area contributed by atoms with E-state index in [0.29, 0.717) is 12.2 Å². The fourth-order valence-corrected chi connectivity index (χ4v) is 2.48. The number of carbonyl (C=O) groups excluding carboxylic acids is 1. The summed E-state index contributed by atoms with van der Waals surface area (Å²) < 4.78 is 0. The fraction of sp³-hybridized carbons (Fsp3) is 0.500. The molecule has 1 aromatic heterocycles. The second-order valence-corrected chi connectivity index (χ2v) is 5.36. The predicted octanol–water partition coefficient (Wildman–Crippen LogP) is 3.90. The second-order valence-electron chi connectivity index (χ2n) is 5.36. The van der Waals surface area contributed by atoms with Crippen LogP contribution in [0.5, 0.6) is 0 Å². The fourth-order valence-electron chi connectivity index (χ4n) is 2.48. The highest BCUT2D eigenvalue weighted by Crippen LogP contribution is 2.15. The molecule has 2 aromatic rings. The number of rotatable bonds is 7. The molecule has 0 saturated heterocycles. The normalized spacial score (nSPS) is 10.4. The van der Waals surface area contributed by atoms with Gasteiger partial charge in [-0.2, -0.15) is 0 Å². The Labute approximate surface area is 146 Å². The maximum absolute atomic E-state index is 12.2. The number of aryl methyl sites for hydroxylation is 1. The van der Waals surface area contributed by atoms with Crippen LogP contribution < -0.4 is 5.32 Å². The molecule has 0 unspecified atom stereocenters. The average molecular weight is 329 g/mol. The minimum Gasteiger partial charge on any atom is -0.349 e. The van der Waals surface area contributed by atoms with Crippen LogP contribution in [0, 0.1) is 0 Å². The zero-order valence-electron chi connectivity index (χ0n) is 15.7. The molecule has 0 fully saturated rings. The number of hydrogen-bond acceptors (Lipinski definition) is 3. The number of likely N-dealkylation sites (N-methyl/N-ethyl adjacent to an activating group) is 1. The minimum atomic E-state index is -0.103. The van der Waals surface area contributed by atoms with E-state index in [9.17, 15) is 4.79 Å². The third-order valence-electron chi connectivity index (χ3n) is 4.00. The number of aromatic nitrogens is 1. The van der Waals surface area contributed by atoms with E-state index in [1.165, 1.54) is 5.56 Å². The number of fused-ring (bicyclic) bond motifs is 1. The summed E-state index contributed by atoms with van der Waals surface area (Å²) in [6.07, 6.45) is 1.00. The van der Waals surface area contributed by atoms with Gasteiger partial charge in [-0.3, -0.25) is 4.79 Å². The van der Waals surface area contributed by atoms with Gasteiger partial charge in [-0.15, -0.1) is 0 Å². The van der Waals surface area contributed by atoms with Gasteiger partial charge in [-0.25, -0.2) is 4.98 Å². The highest BCUT2D eigenvalue weighted by Gasteiger charge is 2.08. The first-order chi connectivity index (χ1) is 11.7. The minimum absolute atomic E-state index is 0.103. The molecule has 1 aromatic carbocycles. The van der Waals surface area contributed by atoms with Crippen LogP contribution in [0.1, 0.15) is 50.7 Å². The maximum atomic E-state index is 12.2. The van der Waals surface area contributed by atoms with Crippen molar-refractivity contribution in [3.05, 3.63) is 41.6 Å². The average Bonchev–Trinajstić information content (AvgIpc) is 2.65. The topological polar surface area (TPSA) is 45.2 Å². The Bertz CT molecular complexity index is 636. The number of nitrogens with zero attached hydrogens (tertiary/aromatic N) is 2. The molecule has 0 spiro atoms. The lowest BCUT2D eigenvalue weighted by atomic mass is 10.1. The smallest absolute Gasteiger partial charge is 0.269 e. The summed E-state index contributed by atoms with van der Waals surface area (Å²) in [6, 6.07) is 9.96. The lowest BCUT2D eigenvalue weighted by Gasteiger charge is -2.17. The quantitative estimate of drug-likeness (QED) is 0.838.